The van der Waals surface area contributed by atoms with Gasteiger partial charge in [-0.25, -0.2) is 4.79 Å². The van der Waals surface area contributed by atoms with E-state index in [1.54, 1.807) is 0 Å². The lowest BCUT2D eigenvalue weighted by atomic mass is 10.1. The number of rotatable bonds is 4. The molecule has 1 aliphatic heterocycles. The van der Waals surface area contributed by atoms with Crippen molar-refractivity contribution in [3.63, 3.8) is 0 Å². The summed E-state index contributed by atoms with van der Waals surface area (Å²) >= 11 is 0. The zero-order valence-electron chi connectivity index (χ0n) is 14.3. The summed E-state index contributed by atoms with van der Waals surface area (Å²) in [5.41, 5.74) is 2.12. The Hall–Kier alpha value is -1.75. The first-order valence-corrected chi connectivity index (χ1v) is 9.44. The molecule has 0 atom stereocenters. The number of nitrogens with one attached hydrogen (secondary N) is 2. The van der Waals surface area contributed by atoms with Crippen LogP contribution in [0.3, 0.4) is 0 Å². The number of carbonyl (C=O) groups excluding carboxylic acids is 1. The molecule has 5 nitrogen and oxygen atoms in total. The number of urea groups is 1. The van der Waals surface area contributed by atoms with Crippen LogP contribution < -0.4 is 15.5 Å². The minimum absolute atomic E-state index is 0.0876. The zero-order valence-corrected chi connectivity index (χ0v) is 14.3. The summed E-state index contributed by atoms with van der Waals surface area (Å²) in [5, 5.41) is 5.86. The highest BCUT2D eigenvalue weighted by atomic mass is 16.2. The van der Waals surface area contributed by atoms with Crippen LogP contribution in [-0.2, 0) is 0 Å². The van der Waals surface area contributed by atoms with Gasteiger partial charge in [0.05, 0.1) is 0 Å². The number of nitrogens with zero attached hydrogens (tertiary/aromatic N) is 2. The average Bonchev–Trinajstić information content (AvgIpc) is 3.25. The molecule has 2 aliphatic carbocycles. The molecule has 24 heavy (non-hydrogen) atoms. The molecule has 130 valence electrons. The highest BCUT2D eigenvalue weighted by Crippen LogP contribution is 2.26. The number of piperazine rings is 1. The Morgan fingerprint density at radius 2 is 1.58 bits per heavy atom. The van der Waals surface area contributed by atoms with Crippen molar-refractivity contribution in [3.05, 3.63) is 24.3 Å². The number of hydrogen-bond donors (Lipinski definition) is 2. The van der Waals surface area contributed by atoms with Crippen LogP contribution in [0.2, 0.25) is 0 Å². The summed E-state index contributed by atoms with van der Waals surface area (Å²) in [7, 11) is 0. The molecule has 1 saturated heterocycles. The molecular weight excluding hydrogens is 300 g/mol. The van der Waals surface area contributed by atoms with Crippen molar-refractivity contribution in [2.24, 2.45) is 0 Å². The lowest BCUT2D eigenvalue weighted by Gasteiger charge is -2.39. The van der Waals surface area contributed by atoms with Gasteiger partial charge >= 0.3 is 6.03 Å². The van der Waals surface area contributed by atoms with Crippen molar-refractivity contribution < 1.29 is 4.79 Å². The molecule has 4 rings (SSSR count). The van der Waals surface area contributed by atoms with Crippen LogP contribution in [0.4, 0.5) is 16.2 Å². The fourth-order valence-electron chi connectivity index (χ4n) is 3.95. The molecule has 3 aliphatic rings. The normalized spacial score (nSPS) is 22.6. The van der Waals surface area contributed by atoms with Gasteiger partial charge in [-0.05, 0) is 49.9 Å². The standard InChI is InChI=1S/C19H28N4O/c24-19(20-15-5-6-15)21-16-7-9-18(10-8-16)23-13-11-22(12-14-23)17-3-1-2-4-17/h7-10,15,17H,1-6,11-14H2,(H2,20,21,24). The van der Waals surface area contributed by atoms with Crippen LogP contribution in [0, 0.1) is 0 Å². The molecule has 1 aromatic carbocycles. The summed E-state index contributed by atoms with van der Waals surface area (Å²) in [5.74, 6) is 0. The molecule has 3 fully saturated rings. The van der Waals surface area contributed by atoms with E-state index in [1.165, 1.54) is 44.5 Å². The summed E-state index contributed by atoms with van der Waals surface area (Å²) in [6.45, 7) is 4.56. The van der Waals surface area contributed by atoms with Crippen LogP contribution in [0.1, 0.15) is 38.5 Å². The van der Waals surface area contributed by atoms with Crippen LogP contribution in [0.15, 0.2) is 24.3 Å². The highest BCUT2D eigenvalue weighted by Gasteiger charge is 2.26. The van der Waals surface area contributed by atoms with E-state index in [2.05, 4.69) is 32.6 Å². The third-order valence-corrected chi connectivity index (χ3v) is 5.56. The smallest absolute Gasteiger partial charge is 0.319 e. The maximum atomic E-state index is 11.8. The van der Waals surface area contributed by atoms with E-state index in [-0.39, 0.29) is 6.03 Å². The summed E-state index contributed by atoms with van der Waals surface area (Å²) in [6.07, 6.45) is 7.83. The molecule has 0 radical (unpaired) electrons. The third-order valence-electron chi connectivity index (χ3n) is 5.56. The molecule has 1 aromatic rings. The monoisotopic (exact) mass is 328 g/mol. The quantitative estimate of drug-likeness (QED) is 0.893. The maximum absolute atomic E-state index is 11.8. The molecule has 2 saturated carbocycles. The molecule has 0 aromatic heterocycles. The van der Waals surface area contributed by atoms with Crippen LogP contribution in [0.5, 0.6) is 0 Å². The minimum atomic E-state index is -0.0876. The summed E-state index contributed by atoms with van der Waals surface area (Å²) in [6, 6.07) is 9.39. The van der Waals surface area contributed by atoms with E-state index in [4.69, 9.17) is 0 Å². The van der Waals surface area contributed by atoms with Gasteiger partial charge in [0.1, 0.15) is 0 Å². The first-order chi connectivity index (χ1) is 11.8. The van der Waals surface area contributed by atoms with Crippen molar-refractivity contribution in [2.45, 2.75) is 50.6 Å². The number of benzene rings is 1. The lowest BCUT2D eigenvalue weighted by molar-refractivity contribution is 0.187. The second-order valence-corrected chi connectivity index (χ2v) is 7.38. The first kappa shape index (κ1) is 15.8. The topological polar surface area (TPSA) is 47.6 Å². The average molecular weight is 328 g/mol. The van der Waals surface area contributed by atoms with Crippen LogP contribution in [-0.4, -0.2) is 49.2 Å². The van der Waals surface area contributed by atoms with Gasteiger partial charge in [0, 0.05) is 49.6 Å². The highest BCUT2D eigenvalue weighted by molar-refractivity contribution is 5.89. The Morgan fingerprint density at radius 1 is 0.917 bits per heavy atom. The van der Waals surface area contributed by atoms with E-state index in [0.29, 0.717) is 6.04 Å². The van der Waals surface area contributed by atoms with E-state index in [1.807, 2.05) is 12.1 Å². The molecule has 1 heterocycles. The predicted molar refractivity (Wildman–Crippen MR) is 97.7 cm³/mol. The van der Waals surface area contributed by atoms with Gasteiger partial charge in [0.15, 0.2) is 0 Å². The third kappa shape index (κ3) is 3.83. The Labute approximate surface area is 144 Å². The van der Waals surface area contributed by atoms with E-state index >= 15 is 0 Å². The SMILES string of the molecule is O=C(Nc1ccc(N2CCN(C3CCCC3)CC2)cc1)NC1CC1. The first-order valence-electron chi connectivity index (χ1n) is 9.44. The summed E-state index contributed by atoms with van der Waals surface area (Å²) in [4.78, 5) is 16.9. The van der Waals surface area contributed by atoms with Gasteiger partial charge in [0.25, 0.3) is 0 Å². The Morgan fingerprint density at radius 3 is 2.21 bits per heavy atom. The van der Waals surface area contributed by atoms with E-state index in [9.17, 15) is 4.79 Å². The lowest BCUT2D eigenvalue weighted by Crippen LogP contribution is -2.49. The second kappa shape index (κ2) is 7.01. The maximum Gasteiger partial charge on any atom is 0.319 e. The fourth-order valence-corrected chi connectivity index (χ4v) is 3.95. The number of carbonyl (C=O) groups is 1. The van der Waals surface area contributed by atoms with Crippen molar-refractivity contribution >= 4 is 17.4 Å². The Bertz CT molecular complexity index is 555. The molecule has 0 bridgehead atoms. The molecule has 2 amide bonds. The zero-order chi connectivity index (χ0) is 16.4. The van der Waals surface area contributed by atoms with Gasteiger partial charge in [-0.15, -0.1) is 0 Å². The van der Waals surface area contributed by atoms with Gasteiger partial charge in [-0.2, -0.15) is 0 Å². The number of anilines is 2. The Kier molecular flexibility index (Phi) is 4.60. The van der Waals surface area contributed by atoms with E-state index in [0.717, 1.165) is 37.7 Å². The van der Waals surface area contributed by atoms with Crippen molar-refractivity contribution in [3.8, 4) is 0 Å². The molecule has 5 heteroatoms. The molecule has 0 unspecified atom stereocenters. The van der Waals surface area contributed by atoms with Crippen molar-refractivity contribution in [1.82, 2.24) is 10.2 Å². The van der Waals surface area contributed by atoms with E-state index < -0.39 is 0 Å². The van der Waals surface area contributed by atoms with Gasteiger partial charge < -0.3 is 15.5 Å². The Balaban J connectivity index is 1.28. The van der Waals surface area contributed by atoms with Gasteiger partial charge in [0.2, 0.25) is 0 Å². The van der Waals surface area contributed by atoms with Gasteiger partial charge in [-0.3, -0.25) is 4.90 Å². The van der Waals surface area contributed by atoms with Crippen molar-refractivity contribution in [1.29, 1.82) is 0 Å². The molecule has 2 N–H and O–H groups in total. The van der Waals surface area contributed by atoms with Crippen LogP contribution in [0.25, 0.3) is 0 Å². The van der Waals surface area contributed by atoms with Gasteiger partial charge in [-0.1, -0.05) is 12.8 Å². The largest absolute Gasteiger partial charge is 0.369 e. The second-order valence-electron chi connectivity index (χ2n) is 7.38. The molecule has 0 spiro atoms. The summed E-state index contributed by atoms with van der Waals surface area (Å²) < 4.78 is 0. The number of amides is 2. The fraction of sp³-hybridized carbons (Fsp3) is 0.632. The van der Waals surface area contributed by atoms with Crippen molar-refractivity contribution in [2.75, 3.05) is 36.4 Å². The van der Waals surface area contributed by atoms with Crippen LogP contribution >= 0.6 is 0 Å². The predicted octanol–water partition coefficient (Wildman–Crippen LogP) is 3.04. The number of hydrogen-bond acceptors (Lipinski definition) is 3. The molecular formula is C19H28N4O. The minimum Gasteiger partial charge on any atom is -0.369 e.